The molecule has 0 amide bonds. The van der Waals surface area contributed by atoms with Gasteiger partial charge < -0.3 is 5.73 Å². The molecule has 84 valence electrons. The van der Waals surface area contributed by atoms with Gasteiger partial charge >= 0.3 is 0 Å². The summed E-state index contributed by atoms with van der Waals surface area (Å²) in [4.78, 5) is 1.36. The fourth-order valence-corrected chi connectivity index (χ4v) is 3.68. The average Bonchev–Trinajstić information content (AvgIpc) is 2.56. The SMILES string of the molecule is CC1(C)CCC(N)C(c2ccc(Cl)s2)C1. The van der Waals surface area contributed by atoms with Gasteiger partial charge in [0, 0.05) is 16.8 Å². The van der Waals surface area contributed by atoms with Crippen molar-refractivity contribution in [1.82, 2.24) is 0 Å². The van der Waals surface area contributed by atoms with Crippen molar-refractivity contribution in [3.05, 3.63) is 21.3 Å². The summed E-state index contributed by atoms with van der Waals surface area (Å²) < 4.78 is 0.876. The fourth-order valence-electron chi connectivity index (χ4n) is 2.45. The van der Waals surface area contributed by atoms with Crippen LogP contribution in [-0.4, -0.2) is 6.04 Å². The quantitative estimate of drug-likeness (QED) is 0.792. The third-order valence-electron chi connectivity index (χ3n) is 3.40. The summed E-state index contributed by atoms with van der Waals surface area (Å²) >= 11 is 7.66. The molecule has 0 radical (unpaired) electrons. The first kappa shape index (κ1) is 11.4. The Morgan fingerprint density at radius 3 is 2.80 bits per heavy atom. The number of rotatable bonds is 1. The molecule has 2 N–H and O–H groups in total. The molecule has 0 aliphatic heterocycles. The Hall–Kier alpha value is -0.0500. The van der Waals surface area contributed by atoms with Crippen LogP contribution >= 0.6 is 22.9 Å². The lowest BCUT2D eigenvalue weighted by molar-refractivity contribution is 0.200. The summed E-state index contributed by atoms with van der Waals surface area (Å²) in [6.07, 6.45) is 3.56. The Balaban J connectivity index is 2.19. The van der Waals surface area contributed by atoms with Crippen molar-refractivity contribution in [2.24, 2.45) is 11.1 Å². The van der Waals surface area contributed by atoms with E-state index in [0.29, 0.717) is 17.4 Å². The molecule has 1 saturated carbocycles. The van der Waals surface area contributed by atoms with E-state index in [-0.39, 0.29) is 0 Å². The van der Waals surface area contributed by atoms with Crippen LogP contribution in [-0.2, 0) is 0 Å². The fraction of sp³-hybridized carbons (Fsp3) is 0.667. The lowest BCUT2D eigenvalue weighted by Crippen LogP contribution is -2.37. The van der Waals surface area contributed by atoms with Gasteiger partial charge in [-0.1, -0.05) is 25.4 Å². The number of halogens is 1. The van der Waals surface area contributed by atoms with Crippen molar-refractivity contribution < 1.29 is 0 Å². The van der Waals surface area contributed by atoms with Crippen LogP contribution in [0.1, 0.15) is 43.9 Å². The summed E-state index contributed by atoms with van der Waals surface area (Å²) in [5.41, 5.74) is 6.63. The summed E-state index contributed by atoms with van der Waals surface area (Å²) in [5, 5.41) is 0. The molecule has 2 rings (SSSR count). The number of hydrogen-bond donors (Lipinski definition) is 1. The molecule has 0 bridgehead atoms. The van der Waals surface area contributed by atoms with E-state index in [1.807, 2.05) is 6.07 Å². The third kappa shape index (κ3) is 2.55. The van der Waals surface area contributed by atoms with E-state index in [4.69, 9.17) is 17.3 Å². The molecular formula is C12H18ClNS. The predicted molar refractivity (Wildman–Crippen MR) is 67.7 cm³/mol. The van der Waals surface area contributed by atoms with Crippen LogP contribution < -0.4 is 5.73 Å². The van der Waals surface area contributed by atoms with Crippen molar-refractivity contribution in [3.8, 4) is 0 Å². The van der Waals surface area contributed by atoms with Crippen molar-refractivity contribution in [2.45, 2.75) is 45.1 Å². The van der Waals surface area contributed by atoms with E-state index in [1.165, 1.54) is 17.7 Å². The Morgan fingerprint density at radius 1 is 1.47 bits per heavy atom. The first-order chi connectivity index (χ1) is 6.98. The zero-order valence-electron chi connectivity index (χ0n) is 9.29. The molecule has 0 saturated heterocycles. The lowest BCUT2D eigenvalue weighted by Gasteiger charge is -2.38. The van der Waals surface area contributed by atoms with E-state index in [9.17, 15) is 0 Å². The highest BCUT2D eigenvalue weighted by atomic mass is 35.5. The second-order valence-corrected chi connectivity index (χ2v) is 7.07. The Labute approximate surface area is 101 Å². The first-order valence-corrected chi connectivity index (χ1v) is 6.68. The lowest BCUT2D eigenvalue weighted by atomic mass is 9.70. The molecule has 1 aliphatic carbocycles. The van der Waals surface area contributed by atoms with Gasteiger partial charge in [-0.25, -0.2) is 0 Å². The molecule has 2 unspecified atom stereocenters. The molecule has 1 nitrogen and oxygen atoms in total. The van der Waals surface area contributed by atoms with E-state index in [2.05, 4.69) is 19.9 Å². The third-order valence-corrected chi connectivity index (χ3v) is 4.77. The minimum atomic E-state index is 0.313. The predicted octanol–water partition coefficient (Wildman–Crippen LogP) is 4.02. The van der Waals surface area contributed by atoms with Crippen LogP contribution in [0.25, 0.3) is 0 Å². The van der Waals surface area contributed by atoms with Gasteiger partial charge in [0.25, 0.3) is 0 Å². The normalized spacial score (nSPS) is 30.4. The second-order valence-electron chi connectivity index (χ2n) is 5.32. The van der Waals surface area contributed by atoms with Gasteiger partial charge in [-0.3, -0.25) is 0 Å². The summed E-state index contributed by atoms with van der Waals surface area (Å²) in [7, 11) is 0. The maximum atomic E-state index is 6.20. The highest BCUT2D eigenvalue weighted by Crippen LogP contribution is 2.44. The maximum Gasteiger partial charge on any atom is 0.0931 e. The van der Waals surface area contributed by atoms with Gasteiger partial charge in [0.15, 0.2) is 0 Å². The van der Waals surface area contributed by atoms with Crippen LogP contribution in [0.15, 0.2) is 12.1 Å². The molecule has 1 aromatic heterocycles. The van der Waals surface area contributed by atoms with Crippen molar-refractivity contribution in [1.29, 1.82) is 0 Å². The standard InChI is InChI=1S/C12H18ClNS/c1-12(2)6-5-9(14)8(7-12)10-3-4-11(13)15-10/h3-4,8-9H,5-7,14H2,1-2H3. The molecule has 1 heterocycles. The largest absolute Gasteiger partial charge is 0.327 e. The summed E-state index contributed by atoms with van der Waals surface area (Å²) in [5.74, 6) is 0.506. The second kappa shape index (κ2) is 4.08. The van der Waals surface area contributed by atoms with E-state index in [0.717, 1.165) is 10.8 Å². The summed E-state index contributed by atoms with van der Waals surface area (Å²) in [6.45, 7) is 4.67. The van der Waals surface area contributed by atoms with Gasteiger partial charge in [-0.05, 0) is 36.8 Å². The van der Waals surface area contributed by atoms with Crippen LogP contribution in [0.2, 0.25) is 4.34 Å². The molecule has 0 spiro atoms. The molecule has 1 fully saturated rings. The molecule has 15 heavy (non-hydrogen) atoms. The smallest absolute Gasteiger partial charge is 0.0931 e. The van der Waals surface area contributed by atoms with E-state index < -0.39 is 0 Å². The van der Waals surface area contributed by atoms with Gasteiger partial charge in [0.05, 0.1) is 4.34 Å². The minimum absolute atomic E-state index is 0.313. The van der Waals surface area contributed by atoms with Gasteiger partial charge in [-0.2, -0.15) is 0 Å². The minimum Gasteiger partial charge on any atom is -0.327 e. The van der Waals surface area contributed by atoms with Crippen LogP contribution in [0.4, 0.5) is 0 Å². The average molecular weight is 244 g/mol. The van der Waals surface area contributed by atoms with Crippen LogP contribution in [0.3, 0.4) is 0 Å². The molecule has 1 aromatic rings. The molecular weight excluding hydrogens is 226 g/mol. The van der Waals surface area contributed by atoms with Gasteiger partial charge in [-0.15, -0.1) is 11.3 Å². The number of thiophene rings is 1. The maximum absolute atomic E-state index is 6.20. The molecule has 0 aromatic carbocycles. The van der Waals surface area contributed by atoms with Crippen molar-refractivity contribution in [2.75, 3.05) is 0 Å². The molecule has 2 atom stereocenters. The van der Waals surface area contributed by atoms with Gasteiger partial charge in [0.1, 0.15) is 0 Å². The number of nitrogens with two attached hydrogens (primary N) is 1. The number of hydrogen-bond acceptors (Lipinski definition) is 2. The molecule has 3 heteroatoms. The Bertz CT molecular complexity index is 345. The van der Waals surface area contributed by atoms with E-state index >= 15 is 0 Å². The van der Waals surface area contributed by atoms with Gasteiger partial charge in [0.2, 0.25) is 0 Å². The summed E-state index contributed by atoms with van der Waals surface area (Å²) in [6, 6.07) is 4.43. The Kier molecular flexibility index (Phi) is 3.11. The zero-order chi connectivity index (χ0) is 11.1. The Morgan fingerprint density at radius 2 is 2.20 bits per heavy atom. The van der Waals surface area contributed by atoms with Crippen molar-refractivity contribution >= 4 is 22.9 Å². The first-order valence-electron chi connectivity index (χ1n) is 5.49. The highest BCUT2D eigenvalue weighted by molar-refractivity contribution is 7.16. The van der Waals surface area contributed by atoms with Crippen LogP contribution in [0.5, 0.6) is 0 Å². The van der Waals surface area contributed by atoms with Crippen LogP contribution in [0, 0.1) is 5.41 Å². The monoisotopic (exact) mass is 243 g/mol. The highest BCUT2D eigenvalue weighted by Gasteiger charge is 2.34. The van der Waals surface area contributed by atoms with E-state index in [1.54, 1.807) is 11.3 Å². The topological polar surface area (TPSA) is 26.0 Å². The molecule has 1 aliphatic rings. The zero-order valence-corrected chi connectivity index (χ0v) is 10.9. The van der Waals surface area contributed by atoms with Crippen molar-refractivity contribution in [3.63, 3.8) is 0 Å².